The van der Waals surface area contributed by atoms with Crippen LogP contribution in [0.2, 0.25) is 0 Å². The second kappa shape index (κ2) is 10.1. The van der Waals surface area contributed by atoms with E-state index in [1.54, 1.807) is 28.3 Å². The maximum Gasteiger partial charge on any atom is 0.293 e. The predicted molar refractivity (Wildman–Crippen MR) is 110 cm³/mol. The number of methoxy groups -OCH3 is 3. The fourth-order valence-electron chi connectivity index (χ4n) is 2.79. The van der Waals surface area contributed by atoms with Crippen LogP contribution in [0.4, 0.5) is 11.4 Å². The lowest BCUT2D eigenvalue weighted by Crippen LogP contribution is -1.98. The van der Waals surface area contributed by atoms with Crippen LogP contribution in [0.3, 0.4) is 0 Å². The van der Waals surface area contributed by atoms with E-state index in [-0.39, 0.29) is 0 Å². The number of hydrogen-bond acceptors (Lipinski definition) is 6. The molecular weight excluding hydrogens is 360 g/mol. The molecule has 2 aromatic carbocycles. The Bertz CT molecular complexity index is 895. The summed E-state index contributed by atoms with van der Waals surface area (Å²) >= 11 is 0. The fraction of sp³-hybridized carbons (Fsp3) is 0.286. The molecule has 7 nitrogen and oxygen atoms in total. The van der Waals surface area contributed by atoms with Crippen LogP contribution in [0.1, 0.15) is 12.5 Å². The number of aryl methyl sites for hydroxylation is 1. The van der Waals surface area contributed by atoms with Crippen molar-refractivity contribution in [3.63, 3.8) is 0 Å². The Morgan fingerprint density at radius 1 is 1.04 bits per heavy atom. The van der Waals surface area contributed by atoms with Crippen LogP contribution in [0.5, 0.6) is 17.2 Å². The molecule has 0 unspecified atom stereocenters. The molecule has 1 heterocycles. The van der Waals surface area contributed by atoms with Crippen molar-refractivity contribution in [2.24, 2.45) is 0 Å². The van der Waals surface area contributed by atoms with Crippen LogP contribution < -0.4 is 19.5 Å². The lowest BCUT2D eigenvalue weighted by atomic mass is 10.1. The van der Waals surface area contributed by atoms with Gasteiger partial charge in [-0.2, -0.15) is 0 Å². The highest BCUT2D eigenvalue weighted by Crippen LogP contribution is 2.41. The summed E-state index contributed by atoms with van der Waals surface area (Å²) in [6, 6.07) is 10.1. The minimum Gasteiger partial charge on any atom is -0.493 e. The minimum atomic E-state index is 0.431. The molecule has 0 saturated carbocycles. The molecule has 0 aliphatic carbocycles. The van der Waals surface area contributed by atoms with Gasteiger partial charge in [0.15, 0.2) is 11.5 Å². The van der Waals surface area contributed by atoms with Crippen molar-refractivity contribution in [1.82, 2.24) is 4.98 Å². The summed E-state index contributed by atoms with van der Waals surface area (Å²) < 4.78 is 20.3. The molecule has 7 heteroatoms. The number of rotatable bonds is 7. The molecule has 3 aromatic rings. The second-order valence-corrected chi connectivity index (χ2v) is 5.84. The maximum atomic E-state index is 9.18. The summed E-state index contributed by atoms with van der Waals surface area (Å²) in [5, 5.41) is 4.57. The molecule has 1 aromatic heterocycles. The van der Waals surface area contributed by atoms with Gasteiger partial charge in [-0.3, -0.25) is 4.79 Å². The summed E-state index contributed by atoms with van der Waals surface area (Å²) in [5.41, 5.74) is 4.16. The van der Waals surface area contributed by atoms with E-state index in [0.29, 0.717) is 30.3 Å². The molecule has 28 heavy (non-hydrogen) atoms. The predicted octanol–water partition coefficient (Wildman–Crippen LogP) is 4.43. The van der Waals surface area contributed by atoms with Crippen LogP contribution in [-0.2, 0) is 9.53 Å². The van der Waals surface area contributed by atoms with Gasteiger partial charge in [0, 0.05) is 40.6 Å². The average Bonchev–Trinajstić information content (AvgIpc) is 3.16. The highest BCUT2D eigenvalue weighted by Gasteiger charge is 2.14. The number of aromatic nitrogens is 1. The first-order valence-corrected chi connectivity index (χ1v) is 8.77. The van der Waals surface area contributed by atoms with E-state index < -0.39 is 0 Å². The summed E-state index contributed by atoms with van der Waals surface area (Å²) in [6.45, 7) is 4.73. The van der Waals surface area contributed by atoms with E-state index >= 15 is 0 Å². The Hall–Kier alpha value is -3.35. The van der Waals surface area contributed by atoms with E-state index in [9.17, 15) is 4.79 Å². The third-order valence-electron chi connectivity index (χ3n) is 3.99. The Balaban J connectivity index is 0.000000500. The molecule has 0 aliphatic heterocycles. The highest BCUT2D eigenvalue weighted by molar-refractivity contribution is 5.94. The Kier molecular flexibility index (Phi) is 7.56. The van der Waals surface area contributed by atoms with Crippen molar-refractivity contribution in [2.45, 2.75) is 13.8 Å². The topological polar surface area (TPSA) is 81.8 Å². The van der Waals surface area contributed by atoms with Gasteiger partial charge in [0.25, 0.3) is 6.47 Å². The number of aromatic amines is 1. The van der Waals surface area contributed by atoms with Gasteiger partial charge in [-0.15, -0.1) is 0 Å². The smallest absolute Gasteiger partial charge is 0.293 e. The highest BCUT2D eigenvalue weighted by atomic mass is 16.5. The summed E-state index contributed by atoms with van der Waals surface area (Å²) in [6.07, 6.45) is 1.93. The van der Waals surface area contributed by atoms with E-state index in [1.165, 1.54) is 5.56 Å². The first-order valence-electron chi connectivity index (χ1n) is 8.77. The fourth-order valence-corrected chi connectivity index (χ4v) is 2.79. The van der Waals surface area contributed by atoms with Gasteiger partial charge in [0.1, 0.15) is 0 Å². The SMILES string of the molecule is CCOC=O.COc1cc(Nc2cc(C)cc3[nH]ccc23)cc(OC)c1OC. The normalized spacial score (nSPS) is 9.89. The lowest BCUT2D eigenvalue weighted by molar-refractivity contribution is -0.128. The third kappa shape index (κ3) is 4.88. The number of hydrogen-bond donors (Lipinski definition) is 2. The van der Waals surface area contributed by atoms with Crippen molar-refractivity contribution in [3.05, 3.63) is 42.1 Å². The number of carbonyl (C=O) groups is 1. The van der Waals surface area contributed by atoms with Crippen LogP contribution in [0, 0.1) is 6.92 Å². The number of fused-ring (bicyclic) bond motifs is 1. The van der Waals surface area contributed by atoms with Crippen LogP contribution in [0.15, 0.2) is 36.5 Å². The first kappa shape index (κ1) is 21.0. The Morgan fingerprint density at radius 2 is 1.71 bits per heavy atom. The third-order valence-corrected chi connectivity index (χ3v) is 3.99. The largest absolute Gasteiger partial charge is 0.493 e. The van der Waals surface area contributed by atoms with Crippen LogP contribution in [-0.4, -0.2) is 39.4 Å². The molecule has 150 valence electrons. The van der Waals surface area contributed by atoms with Gasteiger partial charge in [0.2, 0.25) is 5.75 Å². The summed E-state index contributed by atoms with van der Waals surface area (Å²) in [5.74, 6) is 1.82. The van der Waals surface area contributed by atoms with Crippen molar-refractivity contribution >= 4 is 28.7 Å². The summed E-state index contributed by atoms with van der Waals surface area (Å²) in [4.78, 5) is 12.4. The molecular formula is C21H26N2O5. The Morgan fingerprint density at radius 3 is 2.21 bits per heavy atom. The molecule has 0 bridgehead atoms. The number of anilines is 2. The lowest BCUT2D eigenvalue weighted by Gasteiger charge is -2.16. The van der Waals surface area contributed by atoms with E-state index in [0.717, 1.165) is 22.3 Å². The maximum absolute atomic E-state index is 9.18. The second-order valence-electron chi connectivity index (χ2n) is 5.84. The molecule has 0 saturated heterocycles. The average molecular weight is 386 g/mol. The van der Waals surface area contributed by atoms with Crippen molar-refractivity contribution in [1.29, 1.82) is 0 Å². The van der Waals surface area contributed by atoms with Crippen LogP contribution >= 0.6 is 0 Å². The summed E-state index contributed by atoms with van der Waals surface area (Å²) in [7, 11) is 4.81. The molecule has 0 aliphatic rings. The molecule has 3 rings (SSSR count). The molecule has 0 amide bonds. The number of benzene rings is 2. The monoisotopic (exact) mass is 386 g/mol. The van der Waals surface area contributed by atoms with E-state index in [4.69, 9.17) is 14.2 Å². The number of nitrogens with one attached hydrogen (secondary N) is 2. The van der Waals surface area contributed by atoms with Crippen molar-refractivity contribution < 1.29 is 23.7 Å². The van der Waals surface area contributed by atoms with Gasteiger partial charge < -0.3 is 29.2 Å². The zero-order chi connectivity index (χ0) is 20.5. The first-order chi connectivity index (χ1) is 13.6. The minimum absolute atomic E-state index is 0.431. The number of H-pyrrole nitrogens is 1. The molecule has 0 radical (unpaired) electrons. The Labute approximate surface area is 164 Å². The van der Waals surface area contributed by atoms with Gasteiger partial charge in [-0.05, 0) is 37.6 Å². The van der Waals surface area contributed by atoms with Gasteiger partial charge >= 0.3 is 0 Å². The van der Waals surface area contributed by atoms with Gasteiger partial charge in [-0.25, -0.2) is 0 Å². The molecule has 2 N–H and O–H groups in total. The molecule has 0 spiro atoms. The zero-order valence-corrected chi connectivity index (χ0v) is 16.8. The van der Waals surface area contributed by atoms with E-state index in [1.807, 2.05) is 18.3 Å². The van der Waals surface area contributed by atoms with Gasteiger partial charge in [-0.1, -0.05) is 0 Å². The van der Waals surface area contributed by atoms with Crippen molar-refractivity contribution in [3.8, 4) is 17.2 Å². The number of carbonyl (C=O) groups excluding carboxylic acids is 1. The molecule has 0 atom stereocenters. The number of ether oxygens (including phenoxy) is 4. The van der Waals surface area contributed by atoms with Crippen molar-refractivity contribution in [2.75, 3.05) is 33.3 Å². The molecule has 0 fully saturated rings. The van der Waals surface area contributed by atoms with Gasteiger partial charge in [0.05, 0.1) is 27.9 Å². The standard InChI is InChI=1S/C18H20N2O3.C3H6O2/c1-11-7-14-13(5-6-19-14)15(8-11)20-12-9-16(21-2)18(23-4)17(10-12)22-3;1-2-5-3-4/h5-10,19-20H,1-4H3;3H,2H2,1H3. The quantitative estimate of drug-likeness (QED) is 0.585. The van der Waals surface area contributed by atoms with E-state index in [2.05, 4.69) is 40.2 Å². The van der Waals surface area contributed by atoms with Crippen LogP contribution in [0.25, 0.3) is 10.9 Å². The zero-order valence-electron chi connectivity index (χ0n) is 16.8.